The first-order valence-electron chi connectivity index (χ1n) is 8.06. The highest BCUT2D eigenvalue weighted by Gasteiger charge is 2.23. The first kappa shape index (κ1) is 16.3. The molecule has 3 rings (SSSR count). The van der Waals surface area contributed by atoms with E-state index in [1.54, 1.807) is 9.80 Å². The van der Waals surface area contributed by atoms with Gasteiger partial charge in [-0.25, -0.2) is 9.78 Å². The molecule has 1 aliphatic heterocycles. The molecule has 0 N–H and O–H groups in total. The van der Waals surface area contributed by atoms with E-state index in [-0.39, 0.29) is 12.0 Å². The molecule has 0 saturated carbocycles. The number of carbonyl (C=O) groups excluding carboxylic acids is 2. The van der Waals surface area contributed by atoms with E-state index in [1.807, 2.05) is 36.7 Å². The number of amides is 2. The summed E-state index contributed by atoms with van der Waals surface area (Å²) in [5.74, 6) is 0.894. The average Bonchev–Trinajstić information content (AvgIpc) is 2.78. The maximum Gasteiger partial charge on any atom is 0.409 e. The number of fused-ring (bicyclic) bond motifs is 1. The van der Waals surface area contributed by atoms with Crippen LogP contribution in [0.1, 0.15) is 22.6 Å². The van der Waals surface area contributed by atoms with Crippen LogP contribution in [0.15, 0.2) is 18.2 Å². The summed E-state index contributed by atoms with van der Waals surface area (Å²) in [7, 11) is 3.34. The van der Waals surface area contributed by atoms with Gasteiger partial charge in [-0.2, -0.15) is 0 Å². The van der Waals surface area contributed by atoms with Gasteiger partial charge in [-0.15, -0.1) is 0 Å². The molecule has 7 nitrogen and oxygen atoms in total. The summed E-state index contributed by atoms with van der Waals surface area (Å²) in [6.07, 6.45) is 0.404. The van der Waals surface area contributed by atoms with E-state index >= 15 is 0 Å². The molecule has 24 heavy (non-hydrogen) atoms. The minimum Gasteiger partial charge on any atom is -0.453 e. The maximum atomic E-state index is 12.8. The molecule has 2 amide bonds. The average molecular weight is 330 g/mol. The van der Waals surface area contributed by atoms with E-state index in [9.17, 15) is 9.59 Å². The van der Waals surface area contributed by atoms with E-state index in [0.717, 1.165) is 23.3 Å². The second kappa shape index (κ2) is 6.51. The van der Waals surface area contributed by atoms with Crippen LogP contribution in [-0.2, 0) is 11.8 Å². The van der Waals surface area contributed by atoms with Gasteiger partial charge in [0.1, 0.15) is 5.82 Å². The van der Waals surface area contributed by atoms with Crippen LogP contribution in [0.5, 0.6) is 0 Å². The second-order valence-electron chi connectivity index (χ2n) is 6.02. The molecule has 1 saturated heterocycles. The van der Waals surface area contributed by atoms with Crippen molar-refractivity contribution in [3.63, 3.8) is 0 Å². The summed E-state index contributed by atoms with van der Waals surface area (Å²) in [5.41, 5.74) is 2.47. The highest BCUT2D eigenvalue weighted by atomic mass is 16.5. The topological polar surface area (TPSA) is 67.7 Å². The molecule has 2 heterocycles. The first-order chi connectivity index (χ1) is 11.5. The fourth-order valence-electron chi connectivity index (χ4n) is 3.07. The van der Waals surface area contributed by atoms with Crippen molar-refractivity contribution in [1.29, 1.82) is 0 Å². The maximum absolute atomic E-state index is 12.8. The molecule has 1 aliphatic rings. The number of carbonyl (C=O) groups is 2. The van der Waals surface area contributed by atoms with Gasteiger partial charge in [0.15, 0.2) is 0 Å². The van der Waals surface area contributed by atoms with Crippen molar-refractivity contribution in [1.82, 2.24) is 19.4 Å². The van der Waals surface area contributed by atoms with Crippen LogP contribution >= 0.6 is 0 Å². The minimum atomic E-state index is -0.338. The van der Waals surface area contributed by atoms with E-state index in [4.69, 9.17) is 4.74 Å². The van der Waals surface area contributed by atoms with E-state index in [0.29, 0.717) is 31.7 Å². The summed E-state index contributed by atoms with van der Waals surface area (Å²) in [6.45, 7) is 4.18. The molecule has 1 aromatic carbocycles. The number of rotatable bonds is 1. The van der Waals surface area contributed by atoms with Crippen molar-refractivity contribution in [3.05, 3.63) is 29.6 Å². The molecular formula is C17H22N4O3. The SMILES string of the molecule is COC(=O)N1CCCN(C(=O)c2ccc3c(c2)nc(C)n3C)CC1. The molecule has 0 aliphatic carbocycles. The van der Waals surface area contributed by atoms with Gasteiger partial charge in [-0.1, -0.05) is 0 Å². The summed E-state index contributed by atoms with van der Waals surface area (Å²) >= 11 is 0. The number of benzene rings is 1. The van der Waals surface area contributed by atoms with Crippen LogP contribution in [0, 0.1) is 6.92 Å². The molecule has 0 unspecified atom stereocenters. The van der Waals surface area contributed by atoms with E-state index in [2.05, 4.69) is 4.98 Å². The lowest BCUT2D eigenvalue weighted by Gasteiger charge is -2.21. The Bertz CT molecular complexity index is 783. The Morgan fingerprint density at radius 2 is 1.83 bits per heavy atom. The van der Waals surface area contributed by atoms with Crippen LogP contribution in [0.3, 0.4) is 0 Å². The van der Waals surface area contributed by atoms with Gasteiger partial charge in [0, 0.05) is 38.8 Å². The zero-order valence-electron chi connectivity index (χ0n) is 14.3. The lowest BCUT2D eigenvalue weighted by molar-refractivity contribution is 0.0757. The number of aromatic nitrogens is 2. The van der Waals surface area contributed by atoms with Gasteiger partial charge >= 0.3 is 6.09 Å². The van der Waals surface area contributed by atoms with Crippen molar-refractivity contribution in [2.75, 3.05) is 33.3 Å². The third-order valence-corrected chi connectivity index (χ3v) is 4.57. The van der Waals surface area contributed by atoms with E-state index < -0.39 is 0 Å². The predicted molar refractivity (Wildman–Crippen MR) is 89.9 cm³/mol. The smallest absolute Gasteiger partial charge is 0.409 e. The molecule has 0 radical (unpaired) electrons. The van der Waals surface area contributed by atoms with Crippen molar-refractivity contribution in [3.8, 4) is 0 Å². The molecule has 1 fully saturated rings. The fourth-order valence-corrected chi connectivity index (χ4v) is 3.07. The second-order valence-corrected chi connectivity index (χ2v) is 6.02. The number of hydrogen-bond donors (Lipinski definition) is 0. The molecule has 0 atom stereocenters. The van der Waals surface area contributed by atoms with E-state index in [1.165, 1.54) is 7.11 Å². The Morgan fingerprint density at radius 3 is 2.58 bits per heavy atom. The van der Waals surface area contributed by atoms with Gasteiger partial charge in [-0.05, 0) is 31.5 Å². The van der Waals surface area contributed by atoms with Gasteiger partial charge in [0.25, 0.3) is 5.91 Å². The molecular weight excluding hydrogens is 308 g/mol. The predicted octanol–water partition coefficient (Wildman–Crippen LogP) is 1.80. The van der Waals surface area contributed by atoms with Gasteiger partial charge in [0.05, 0.1) is 18.1 Å². The number of hydrogen-bond acceptors (Lipinski definition) is 4. The molecule has 7 heteroatoms. The van der Waals surface area contributed by atoms with Crippen LogP contribution in [0.2, 0.25) is 0 Å². The fraction of sp³-hybridized carbons (Fsp3) is 0.471. The van der Waals surface area contributed by atoms with Gasteiger partial charge < -0.3 is 19.1 Å². The molecule has 128 valence electrons. The number of ether oxygens (including phenoxy) is 1. The summed E-state index contributed by atoms with van der Waals surface area (Å²) < 4.78 is 6.76. The van der Waals surface area contributed by atoms with Crippen LogP contribution in [0.25, 0.3) is 11.0 Å². The Morgan fingerprint density at radius 1 is 1.12 bits per heavy atom. The van der Waals surface area contributed by atoms with Crippen LogP contribution in [-0.4, -0.2) is 64.6 Å². The Hall–Kier alpha value is -2.57. The Balaban J connectivity index is 1.77. The third kappa shape index (κ3) is 2.93. The number of methoxy groups -OCH3 is 1. The zero-order valence-corrected chi connectivity index (χ0v) is 14.3. The quantitative estimate of drug-likeness (QED) is 0.799. The molecule has 1 aromatic heterocycles. The lowest BCUT2D eigenvalue weighted by atomic mass is 10.1. The molecule has 2 aromatic rings. The molecule has 0 spiro atoms. The van der Waals surface area contributed by atoms with Crippen molar-refractivity contribution < 1.29 is 14.3 Å². The summed E-state index contributed by atoms with van der Waals surface area (Å²) in [6, 6.07) is 5.61. The first-order valence-corrected chi connectivity index (χ1v) is 8.06. The van der Waals surface area contributed by atoms with Crippen molar-refractivity contribution in [2.45, 2.75) is 13.3 Å². The number of nitrogens with zero attached hydrogens (tertiary/aromatic N) is 4. The van der Waals surface area contributed by atoms with Crippen molar-refractivity contribution in [2.24, 2.45) is 7.05 Å². The lowest BCUT2D eigenvalue weighted by Crippen LogP contribution is -2.37. The monoisotopic (exact) mass is 330 g/mol. The van der Waals surface area contributed by atoms with Crippen molar-refractivity contribution >= 4 is 23.0 Å². The third-order valence-electron chi connectivity index (χ3n) is 4.57. The van der Waals surface area contributed by atoms with Gasteiger partial charge in [-0.3, -0.25) is 4.79 Å². The number of imidazole rings is 1. The van der Waals surface area contributed by atoms with Gasteiger partial charge in [0.2, 0.25) is 0 Å². The standard InChI is InChI=1S/C17H22N4O3/c1-12-18-14-11-13(5-6-15(14)19(12)2)16(22)20-7-4-8-21(10-9-20)17(23)24-3/h5-6,11H,4,7-10H2,1-3H3. The molecule has 0 bridgehead atoms. The highest BCUT2D eigenvalue weighted by molar-refractivity contribution is 5.97. The summed E-state index contributed by atoms with van der Waals surface area (Å²) in [4.78, 5) is 32.3. The minimum absolute atomic E-state index is 0.0214. The highest BCUT2D eigenvalue weighted by Crippen LogP contribution is 2.18. The Labute approximate surface area is 140 Å². The van der Waals surface area contributed by atoms with Crippen LogP contribution < -0.4 is 0 Å². The van der Waals surface area contributed by atoms with Crippen LogP contribution in [0.4, 0.5) is 4.79 Å². The largest absolute Gasteiger partial charge is 0.453 e. The number of aryl methyl sites for hydroxylation is 2. The Kier molecular flexibility index (Phi) is 4.42. The summed E-state index contributed by atoms with van der Waals surface area (Å²) in [5, 5.41) is 0. The zero-order chi connectivity index (χ0) is 17.3. The normalized spacial score (nSPS) is 15.5.